The van der Waals surface area contributed by atoms with E-state index in [4.69, 9.17) is 0 Å². The molecule has 0 saturated carbocycles. The van der Waals surface area contributed by atoms with Crippen LogP contribution in [0.15, 0.2) is 22.7 Å². The van der Waals surface area contributed by atoms with Crippen LogP contribution in [0.25, 0.3) is 0 Å². The van der Waals surface area contributed by atoms with Crippen molar-refractivity contribution in [3.05, 3.63) is 32.8 Å². The summed E-state index contributed by atoms with van der Waals surface area (Å²) in [6, 6.07) is 4.38. The average molecular weight is 304 g/mol. The van der Waals surface area contributed by atoms with Crippen LogP contribution in [0, 0.1) is 16.0 Å². The number of benzene rings is 1. The maximum Gasteiger partial charge on any atom is 0.357 e. The summed E-state index contributed by atoms with van der Waals surface area (Å²) in [6.45, 7) is 3.25. The van der Waals surface area contributed by atoms with E-state index < -0.39 is 10.9 Å². The Morgan fingerprint density at radius 3 is 2.65 bits per heavy atom. The number of nitro groups is 1. The molecule has 0 fully saturated rings. The van der Waals surface area contributed by atoms with Crippen molar-refractivity contribution < 1.29 is 19.5 Å². The highest BCUT2D eigenvalue weighted by atomic mass is 79.9. The molecule has 1 rings (SSSR count). The number of hydrogen-bond acceptors (Lipinski definition) is 5. The molecule has 0 unspecified atom stereocenters. The fraction of sp³-hybridized carbons (Fsp3) is 0.300. The summed E-state index contributed by atoms with van der Waals surface area (Å²) in [4.78, 5) is 30.5. The van der Waals surface area contributed by atoms with Crippen LogP contribution >= 0.6 is 15.9 Å². The molecule has 0 bridgehead atoms. The molecule has 0 radical (unpaired) electrons. The van der Waals surface area contributed by atoms with E-state index in [1.54, 1.807) is 13.8 Å². The smallest absolute Gasteiger partial charge is 0.279 e. The zero-order valence-electron chi connectivity index (χ0n) is 9.18. The Morgan fingerprint density at radius 2 is 2.12 bits per heavy atom. The molecule has 1 aromatic rings. The first-order valence-corrected chi connectivity index (χ1v) is 5.54. The van der Waals surface area contributed by atoms with Crippen LogP contribution in [-0.4, -0.2) is 10.9 Å². The van der Waals surface area contributed by atoms with Crippen LogP contribution in [0.4, 0.5) is 5.69 Å². The van der Waals surface area contributed by atoms with Crippen molar-refractivity contribution in [1.82, 2.24) is 0 Å². The zero-order valence-corrected chi connectivity index (χ0v) is 10.8. The van der Waals surface area contributed by atoms with E-state index in [9.17, 15) is 14.9 Å². The van der Waals surface area contributed by atoms with Gasteiger partial charge in [0.25, 0.3) is 5.75 Å². The molecule has 0 heterocycles. The van der Waals surface area contributed by atoms with Crippen LogP contribution in [0.3, 0.4) is 0 Å². The average Bonchev–Trinajstić information content (AvgIpc) is 2.24. The number of halogens is 1. The fourth-order valence-electron chi connectivity index (χ4n) is 0.922. The highest BCUT2D eigenvalue weighted by Gasteiger charge is 2.22. The molecule has 7 heteroatoms. The minimum atomic E-state index is -0.622. The Kier molecular flexibility index (Phi) is 4.45. The largest absolute Gasteiger partial charge is 0.357 e. The van der Waals surface area contributed by atoms with Gasteiger partial charge < -0.3 is 0 Å². The van der Waals surface area contributed by atoms with Crippen LogP contribution in [0.1, 0.15) is 13.8 Å². The van der Waals surface area contributed by atoms with Crippen LogP contribution in [-0.2, 0) is 9.68 Å². The van der Waals surface area contributed by atoms with E-state index in [0.29, 0.717) is 0 Å². The van der Waals surface area contributed by atoms with Crippen molar-refractivity contribution in [1.29, 1.82) is 0 Å². The van der Waals surface area contributed by atoms with Crippen LogP contribution in [0.5, 0.6) is 5.75 Å². The topological polar surface area (TPSA) is 78.7 Å². The lowest BCUT2D eigenvalue weighted by Crippen LogP contribution is -2.14. The first-order valence-electron chi connectivity index (χ1n) is 4.74. The minimum absolute atomic E-state index is 0.127. The third-order valence-electron chi connectivity index (χ3n) is 1.82. The van der Waals surface area contributed by atoms with E-state index in [1.165, 1.54) is 18.2 Å². The first kappa shape index (κ1) is 13.4. The standard InChI is InChI=1S/C10H10BrNO5/c1-6(2)10(13)17-16-8-5-3-4-7(11)9(8)12(14)15/h3-6H,1-2H3. The third-order valence-corrected chi connectivity index (χ3v) is 2.46. The predicted octanol–water partition coefficient (Wildman–Crippen LogP) is 2.85. The Labute approximate surface area is 106 Å². The van der Waals surface area contributed by atoms with E-state index in [1.807, 2.05) is 0 Å². The Balaban J connectivity index is 2.88. The number of para-hydroxylation sites is 1. The van der Waals surface area contributed by atoms with Gasteiger partial charge in [0.1, 0.15) is 0 Å². The monoisotopic (exact) mass is 303 g/mol. The summed E-state index contributed by atoms with van der Waals surface area (Å²) < 4.78 is 0.251. The molecule has 0 atom stereocenters. The molecule has 92 valence electrons. The van der Waals surface area contributed by atoms with Gasteiger partial charge in [-0.1, -0.05) is 19.9 Å². The number of carbonyl (C=O) groups is 1. The molecular formula is C10H10BrNO5. The Morgan fingerprint density at radius 1 is 1.47 bits per heavy atom. The number of nitrogens with zero attached hydrogens (tertiary/aromatic N) is 1. The van der Waals surface area contributed by atoms with Gasteiger partial charge >= 0.3 is 11.7 Å². The normalized spacial score (nSPS) is 10.1. The fourth-order valence-corrected chi connectivity index (χ4v) is 1.41. The molecule has 0 saturated heterocycles. The number of nitro benzene ring substituents is 1. The summed E-state index contributed by atoms with van der Waals surface area (Å²) in [5, 5.41) is 10.8. The molecule has 0 spiro atoms. The summed E-state index contributed by atoms with van der Waals surface area (Å²) in [7, 11) is 0. The second kappa shape index (κ2) is 5.62. The highest BCUT2D eigenvalue weighted by molar-refractivity contribution is 9.10. The SMILES string of the molecule is CC(C)C(=O)OOc1cccc(Br)c1[N+](=O)[O-]. The molecule has 1 aromatic carbocycles. The van der Waals surface area contributed by atoms with E-state index >= 15 is 0 Å². The third kappa shape index (κ3) is 3.42. The van der Waals surface area contributed by atoms with Gasteiger partial charge in [-0.05, 0) is 28.1 Å². The molecule has 0 N–H and O–H groups in total. The summed E-state index contributed by atoms with van der Waals surface area (Å²) in [5.74, 6) is -1.10. The minimum Gasteiger partial charge on any atom is -0.279 e. The molecule has 6 nitrogen and oxygen atoms in total. The van der Waals surface area contributed by atoms with Crippen molar-refractivity contribution in [2.75, 3.05) is 0 Å². The number of rotatable bonds is 4. The Bertz CT molecular complexity index is 446. The van der Waals surface area contributed by atoms with Gasteiger partial charge in [-0.3, -0.25) is 15.0 Å². The van der Waals surface area contributed by atoms with E-state index in [0.717, 1.165) is 0 Å². The van der Waals surface area contributed by atoms with Crippen molar-refractivity contribution in [3.8, 4) is 5.75 Å². The van der Waals surface area contributed by atoms with Gasteiger partial charge in [0.05, 0.1) is 15.3 Å². The van der Waals surface area contributed by atoms with Crippen molar-refractivity contribution in [2.45, 2.75) is 13.8 Å². The summed E-state index contributed by atoms with van der Waals surface area (Å²) >= 11 is 3.02. The second-order valence-corrected chi connectivity index (χ2v) is 4.34. The number of hydrogen-bond donors (Lipinski definition) is 0. The van der Waals surface area contributed by atoms with Gasteiger partial charge in [-0.25, -0.2) is 9.68 Å². The van der Waals surface area contributed by atoms with Crippen molar-refractivity contribution in [2.24, 2.45) is 5.92 Å². The highest BCUT2D eigenvalue weighted by Crippen LogP contribution is 2.34. The second-order valence-electron chi connectivity index (χ2n) is 3.48. The van der Waals surface area contributed by atoms with Gasteiger partial charge in [-0.2, -0.15) is 0 Å². The summed E-state index contributed by atoms with van der Waals surface area (Å²) in [6.07, 6.45) is 0. The molecule has 0 aliphatic rings. The zero-order chi connectivity index (χ0) is 13.0. The lowest BCUT2D eigenvalue weighted by Gasteiger charge is -2.06. The lowest BCUT2D eigenvalue weighted by molar-refractivity contribution is -0.388. The maximum atomic E-state index is 11.2. The summed E-state index contributed by atoms with van der Waals surface area (Å²) in [5.41, 5.74) is -0.288. The predicted molar refractivity (Wildman–Crippen MR) is 62.4 cm³/mol. The van der Waals surface area contributed by atoms with Gasteiger partial charge in [0, 0.05) is 0 Å². The van der Waals surface area contributed by atoms with Crippen molar-refractivity contribution in [3.63, 3.8) is 0 Å². The first-order chi connectivity index (χ1) is 7.93. The molecule has 0 aromatic heterocycles. The van der Waals surface area contributed by atoms with Crippen LogP contribution < -0.4 is 4.89 Å². The van der Waals surface area contributed by atoms with Gasteiger partial charge in [-0.15, -0.1) is 0 Å². The Hall–Kier alpha value is -1.63. The molecule has 0 aliphatic carbocycles. The van der Waals surface area contributed by atoms with E-state index in [-0.39, 0.29) is 21.8 Å². The number of carbonyl (C=O) groups excluding carboxylic acids is 1. The molecule has 17 heavy (non-hydrogen) atoms. The maximum absolute atomic E-state index is 11.2. The molecule has 0 aliphatic heterocycles. The van der Waals surface area contributed by atoms with Crippen molar-refractivity contribution >= 4 is 27.6 Å². The van der Waals surface area contributed by atoms with E-state index in [2.05, 4.69) is 25.7 Å². The van der Waals surface area contributed by atoms with Gasteiger partial charge in [0.2, 0.25) is 0 Å². The van der Waals surface area contributed by atoms with Crippen LogP contribution in [0.2, 0.25) is 0 Å². The lowest BCUT2D eigenvalue weighted by atomic mass is 10.2. The molecular weight excluding hydrogens is 294 g/mol. The molecule has 0 amide bonds. The van der Waals surface area contributed by atoms with Gasteiger partial charge in [0.15, 0.2) is 0 Å². The quantitative estimate of drug-likeness (QED) is 0.485.